The average Bonchev–Trinajstić information content (AvgIpc) is 2.66. The SMILES string of the molecule is CSC(/C(=C/c1ccc(C)cc1)N(C)C)C(C#N)(c1ccc(C)cc1)N(C)C. The van der Waals surface area contributed by atoms with Crippen LogP contribution in [0.4, 0.5) is 0 Å². The minimum Gasteiger partial charge on any atom is -0.380 e. The van der Waals surface area contributed by atoms with Gasteiger partial charge in [0.2, 0.25) is 0 Å². The lowest BCUT2D eigenvalue weighted by molar-refractivity contribution is 0.212. The quantitative estimate of drug-likeness (QED) is 0.668. The number of aryl methyl sites for hydroxylation is 2. The van der Waals surface area contributed by atoms with Gasteiger partial charge in [-0.25, -0.2) is 0 Å². The van der Waals surface area contributed by atoms with Crippen molar-refractivity contribution >= 4 is 17.8 Å². The van der Waals surface area contributed by atoms with E-state index >= 15 is 0 Å². The normalized spacial score (nSPS) is 15.0. The van der Waals surface area contributed by atoms with Crippen molar-refractivity contribution in [2.45, 2.75) is 24.6 Å². The second kappa shape index (κ2) is 9.32. The summed E-state index contributed by atoms with van der Waals surface area (Å²) in [4.78, 5) is 4.18. The van der Waals surface area contributed by atoms with E-state index in [1.54, 1.807) is 11.8 Å². The molecule has 2 unspecified atom stereocenters. The zero-order valence-electron chi connectivity index (χ0n) is 18.0. The summed E-state index contributed by atoms with van der Waals surface area (Å²) in [6.07, 6.45) is 4.28. The Morgan fingerprint density at radius 1 is 0.964 bits per heavy atom. The van der Waals surface area contributed by atoms with Crippen molar-refractivity contribution in [1.82, 2.24) is 9.80 Å². The van der Waals surface area contributed by atoms with Crippen molar-refractivity contribution in [3.63, 3.8) is 0 Å². The van der Waals surface area contributed by atoms with Crippen LogP contribution in [0.3, 0.4) is 0 Å². The van der Waals surface area contributed by atoms with Crippen LogP contribution in [-0.2, 0) is 5.54 Å². The van der Waals surface area contributed by atoms with E-state index in [1.165, 1.54) is 11.1 Å². The fourth-order valence-electron chi connectivity index (χ4n) is 3.45. The second-order valence-corrected chi connectivity index (χ2v) is 8.57. The first-order valence-corrected chi connectivity index (χ1v) is 10.7. The highest BCUT2D eigenvalue weighted by atomic mass is 32.2. The molecule has 3 nitrogen and oxygen atoms in total. The smallest absolute Gasteiger partial charge is 0.151 e. The summed E-state index contributed by atoms with van der Waals surface area (Å²) in [6, 6.07) is 19.5. The number of thioether (sulfide) groups is 1. The third-order valence-electron chi connectivity index (χ3n) is 5.16. The number of hydrogen-bond donors (Lipinski definition) is 0. The summed E-state index contributed by atoms with van der Waals surface area (Å²) in [5.74, 6) is 0. The molecular formula is C24H31N3S. The summed E-state index contributed by atoms with van der Waals surface area (Å²) in [6.45, 7) is 4.16. The van der Waals surface area contributed by atoms with E-state index in [4.69, 9.17) is 0 Å². The van der Waals surface area contributed by atoms with E-state index in [9.17, 15) is 5.26 Å². The first-order valence-electron chi connectivity index (χ1n) is 9.40. The van der Waals surface area contributed by atoms with Crippen molar-refractivity contribution in [1.29, 1.82) is 5.26 Å². The van der Waals surface area contributed by atoms with Gasteiger partial charge in [-0.2, -0.15) is 17.0 Å². The second-order valence-electron chi connectivity index (χ2n) is 7.63. The minimum absolute atomic E-state index is 0.0634. The van der Waals surface area contributed by atoms with Crippen LogP contribution in [-0.4, -0.2) is 49.5 Å². The topological polar surface area (TPSA) is 30.3 Å². The van der Waals surface area contributed by atoms with Crippen LogP contribution in [0.15, 0.2) is 54.2 Å². The molecule has 2 rings (SSSR count). The van der Waals surface area contributed by atoms with Gasteiger partial charge in [-0.05, 0) is 51.4 Å². The fourth-order valence-corrected chi connectivity index (χ4v) is 4.71. The molecule has 0 bridgehead atoms. The van der Waals surface area contributed by atoms with Crippen LogP contribution >= 0.6 is 11.8 Å². The van der Waals surface area contributed by atoms with Crippen molar-refractivity contribution in [3.05, 3.63) is 76.5 Å². The average molecular weight is 394 g/mol. The molecule has 0 amide bonds. The molecule has 0 aliphatic rings. The Morgan fingerprint density at radius 3 is 1.86 bits per heavy atom. The molecular weight excluding hydrogens is 362 g/mol. The minimum atomic E-state index is -0.784. The Labute approximate surface area is 174 Å². The number of hydrogen-bond acceptors (Lipinski definition) is 4. The maximum Gasteiger partial charge on any atom is 0.151 e. The third-order valence-corrected chi connectivity index (χ3v) is 6.21. The lowest BCUT2D eigenvalue weighted by Crippen LogP contribution is -2.50. The van der Waals surface area contributed by atoms with E-state index in [2.05, 4.69) is 99.8 Å². The van der Waals surface area contributed by atoms with Gasteiger partial charge in [0.1, 0.15) is 0 Å². The standard InChI is InChI=1S/C24H31N3S/c1-18-8-12-20(13-9-18)16-22(26(3)4)23(28-7)24(17-25,27(5)6)21-14-10-19(2)11-15-21/h8-16,23H,1-7H3/b22-16-. The maximum atomic E-state index is 10.5. The Bertz CT molecular complexity index is 845. The Balaban J connectivity index is 2.67. The highest BCUT2D eigenvalue weighted by Crippen LogP contribution is 2.41. The molecule has 0 saturated heterocycles. The molecule has 0 spiro atoms. The molecule has 0 heterocycles. The highest BCUT2D eigenvalue weighted by Gasteiger charge is 2.45. The molecule has 2 atom stereocenters. The molecule has 0 fully saturated rings. The van der Waals surface area contributed by atoms with Gasteiger partial charge in [0.25, 0.3) is 0 Å². The summed E-state index contributed by atoms with van der Waals surface area (Å²) in [5.41, 5.74) is 4.92. The van der Waals surface area contributed by atoms with Gasteiger partial charge in [0, 0.05) is 19.8 Å². The summed E-state index contributed by atoms with van der Waals surface area (Å²) < 4.78 is 0. The van der Waals surface area contributed by atoms with Crippen LogP contribution in [0.25, 0.3) is 6.08 Å². The molecule has 0 aliphatic carbocycles. The molecule has 28 heavy (non-hydrogen) atoms. The fraction of sp³-hybridized carbons (Fsp3) is 0.375. The van der Waals surface area contributed by atoms with Gasteiger partial charge in [-0.15, -0.1) is 0 Å². The van der Waals surface area contributed by atoms with Crippen LogP contribution in [0, 0.1) is 25.2 Å². The first kappa shape index (κ1) is 22.1. The van der Waals surface area contributed by atoms with Crippen molar-refractivity contribution in [3.8, 4) is 6.07 Å². The predicted octanol–water partition coefficient (Wildman–Crippen LogP) is 4.92. The van der Waals surface area contributed by atoms with E-state index in [-0.39, 0.29) is 5.25 Å². The monoisotopic (exact) mass is 393 g/mol. The maximum absolute atomic E-state index is 10.5. The largest absolute Gasteiger partial charge is 0.380 e. The summed E-state index contributed by atoms with van der Waals surface area (Å²) in [7, 11) is 8.09. The van der Waals surface area contributed by atoms with E-state index in [1.807, 2.05) is 19.0 Å². The van der Waals surface area contributed by atoms with Crippen LogP contribution < -0.4 is 0 Å². The molecule has 0 aliphatic heterocycles. The molecule has 2 aromatic carbocycles. The molecule has 2 aromatic rings. The summed E-state index contributed by atoms with van der Waals surface area (Å²) in [5, 5.41) is 10.4. The Kier molecular flexibility index (Phi) is 7.35. The number of nitriles is 1. The predicted molar refractivity (Wildman–Crippen MR) is 122 cm³/mol. The van der Waals surface area contributed by atoms with Crippen molar-refractivity contribution in [2.75, 3.05) is 34.4 Å². The first-order chi connectivity index (χ1) is 13.3. The van der Waals surface area contributed by atoms with Crippen LogP contribution in [0.2, 0.25) is 0 Å². The van der Waals surface area contributed by atoms with Gasteiger partial charge < -0.3 is 4.90 Å². The molecule has 0 N–H and O–H groups in total. The number of benzene rings is 2. The molecule has 0 aromatic heterocycles. The van der Waals surface area contributed by atoms with Crippen LogP contribution in [0.5, 0.6) is 0 Å². The van der Waals surface area contributed by atoms with Gasteiger partial charge in [0.15, 0.2) is 5.54 Å². The number of nitrogens with zero attached hydrogens (tertiary/aromatic N) is 3. The van der Waals surface area contributed by atoms with E-state index in [0.717, 1.165) is 16.8 Å². The van der Waals surface area contributed by atoms with Crippen molar-refractivity contribution in [2.24, 2.45) is 0 Å². The van der Waals surface area contributed by atoms with Gasteiger partial charge in [-0.3, -0.25) is 4.90 Å². The Hall–Kier alpha value is -2.22. The molecule has 0 saturated carbocycles. The van der Waals surface area contributed by atoms with Gasteiger partial charge in [-0.1, -0.05) is 59.7 Å². The van der Waals surface area contributed by atoms with Crippen LogP contribution in [0.1, 0.15) is 22.3 Å². The lowest BCUT2D eigenvalue weighted by atomic mass is 9.83. The van der Waals surface area contributed by atoms with Gasteiger partial charge in [0.05, 0.1) is 11.3 Å². The number of rotatable bonds is 7. The van der Waals surface area contributed by atoms with E-state index < -0.39 is 5.54 Å². The van der Waals surface area contributed by atoms with Crippen molar-refractivity contribution < 1.29 is 0 Å². The lowest BCUT2D eigenvalue weighted by Gasteiger charge is -2.42. The molecule has 0 radical (unpaired) electrons. The van der Waals surface area contributed by atoms with Gasteiger partial charge >= 0.3 is 0 Å². The van der Waals surface area contributed by atoms with E-state index in [0.29, 0.717) is 0 Å². The third kappa shape index (κ3) is 4.43. The molecule has 148 valence electrons. The zero-order valence-corrected chi connectivity index (χ0v) is 18.8. The Morgan fingerprint density at radius 2 is 1.46 bits per heavy atom. The highest BCUT2D eigenvalue weighted by molar-refractivity contribution is 7.99. The molecule has 4 heteroatoms. The zero-order chi connectivity index (χ0) is 20.9. The summed E-state index contributed by atoms with van der Waals surface area (Å²) >= 11 is 1.71.